The second-order valence-electron chi connectivity index (χ2n) is 8.23. The van der Waals surface area contributed by atoms with Crippen LogP contribution in [0.4, 0.5) is 10.6 Å². The number of hydrogen-bond donors (Lipinski definition) is 2. The third-order valence-corrected chi connectivity index (χ3v) is 6.10. The molecule has 3 amide bonds. The van der Waals surface area contributed by atoms with Crippen LogP contribution in [-0.2, 0) is 4.79 Å². The van der Waals surface area contributed by atoms with Gasteiger partial charge >= 0.3 is 6.03 Å². The number of aromatic nitrogens is 2. The van der Waals surface area contributed by atoms with E-state index in [1.807, 2.05) is 11.8 Å². The van der Waals surface area contributed by atoms with Crippen molar-refractivity contribution in [1.82, 2.24) is 25.5 Å². The van der Waals surface area contributed by atoms with E-state index in [2.05, 4.69) is 46.3 Å². The van der Waals surface area contributed by atoms with E-state index < -0.39 is 0 Å². The minimum Gasteiger partial charge on any atom is -0.355 e. The van der Waals surface area contributed by atoms with Crippen molar-refractivity contribution >= 4 is 41.1 Å². The molecule has 174 valence electrons. The lowest BCUT2D eigenvalue weighted by molar-refractivity contribution is -0.118. The summed E-state index contributed by atoms with van der Waals surface area (Å²) in [6.07, 6.45) is 2.99. The first kappa shape index (κ1) is 25.5. The van der Waals surface area contributed by atoms with E-state index in [1.165, 1.54) is 11.8 Å². The Labute approximate surface area is 194 Å². The van der Waals surface area contributed by atoms with E-state index in [0.717, 1.165) is 25.1 Å². The topological polar surface area (TPSA) is 90.5 Å². The molecule has 0 spiro atoms. The third-order valence-electron chi connectivity index (χ3n) is 5.06. The number of halogens is 1. The van der Waals surface area contributed by atoms with Crippen LogP contribution < -0.4 is 15.5 Å². The van der Waals surface area contributed by atoms with Crippen molar-refractivity contribution in [2.24, 2.45) is 5.92 Å². The lowest BCUT2D eigenvalue weighted by atomic mass is 10.1. The van der Waals surface area contributed by atoms with Gasteiger partial charge < -0.3 is 20.4 Å². The molecule has 0 aliphatic carbocycles. The summed E-state index contributed by atoms with van der Waals surface area (Å²) in [4.78, 5) is 37.3. The van der Waals surface area contributed by atoms with Gasteiger partial charge in [0.2, 0.25) is 5.91 Å². The number of urea groups is 1. The van der Waals surface area contributed by atoms with E-state index in [9.17, 15) is 9.59 Å². The molecular weight excluding hydrogens is 436 g/mol. The molecule has 1 saturated heterocycles. The second kappa shape index (κ2) is 13.0. The zero-order valence-electron chi connectivity index (χ0n) is 19.0. The number of carbonyl (C=O) groups is 2. The fourth-order valence-electron chi connectivity index (χ4n) is 3.23. The highest BCUT2D eigenvalue weighted by atomic mass is 35.5. The molecule has 2 heterocycles. The van der Waals surface area contributed by atoms with Gasteiger partial charge in [-0.3, -0.25) is 4.79 Å². The molecule has 0 bridgehead atoms. The van der Waals surface area contributed by atoms with Crippen molar-refractivity contribution in [3.63, 3.8) is 0 Å². The highest BCUT2D eigenvalue weighted by molar-refractivity contribution is 7.99. The maximum Gasteiger partial charge on any atom is 0.317 e. The van der Waals surface area contributed by atoms with Crippen LogP contribution >= 0.6 is 23.4 Å². The molecule has 2 N–H and O–H groups in total. The fourth-order valence-corrected chi connectivity index (χ4v) is 4.15. The molecule has 1 unspecified atom stereocenters. The van der Waals surface area contributed by atoms with Gasteiger partial charge in [0.15, 0.2) is 5.16 Å². The molecule has 0 radical (unpaired) electrons. The summed E-state index contributed by atoms with van der Waals surface area (Å²) in [6, 6.07) is 1.77. The van der Waals surface area contributed by atoms with Gasteiger partial charge in [-0.1, -0.05) is 50.6 Å². The van der Waals surface area contributed by atoms with Gasteiger partial charge in [-0.25, -0.2) is 14.8 Å². The SMILES string of the molecule is CCCCNC(=O)N1CCN(c2cc(Cl)nc(SCC(=O)NCCC(C)C)n2)CC1C. The maximum absolute atomic E-state index is 12.4. The first-order chi connectivity index (χ1) is 14.8. The molecule has 31 heavy (non-hydrogen) atoms. The number of anilines is 1. The third kappa shape index (κ3) is 8.73. The van der Waals surface area contributed by atoms with Gasteiger partial charge in [0, 0.05) is 44.8 Å². The smallest absolute Gasteiger partial charge is 0.317 e. The minimum atomic E-state index is -0.0351. The predicted molar refractivity (Wildman–Crippen MR) is 127 cm³/mol. The van der Waals surface area contributed by atoms with Gasteiger partial charge in [0.25, 0.3) is 0 Å². The van der Waals surface area contributed by atoms with Gasteiger partial charge in [-0.2, -0.15) is 0 Å². The molecule has 1 aromatic heterocycles. The Hall–Kier alpha value is -1.74. The maximum atomic E-state index is 12.4. The Balaban J connectivity index is 1.90. The molecule has 0 aromatic carbocycles. The number of hydrogen-bond acceptors (Lipinski definition) is 6. The molecule has 0 saturated carbocycles. The molecule has 10 heteroatoms. The molecule has 1 aliphatic heterocycles. The van der Waals surface area contributed by atoms with E-state index in [1.54, 1.807) is 6.07 Å². The van der Waals surface area contributed by atoms with Crippen LogP contribution in [0.15, 0.2) is 11.2 Å². The monoisotopic (exact) mass is 470 g/mol. The van der Waals surface area contributed by atoms with Gasteiger partial charge in [0.1, 0.15) is 11.0 Å². The van der Waals surface area contributed by atoms with Crippen molar-refractivity contribution in [1.29, 1.82) is 0 Å². The summed E-state index contributed by atoms with van der Waals surface area (Å²) in [5.41, 5.74) is 0. The zero-order chi connectivity index (χ0) is 22.8. The predicted octanol–water partition coefficient (Wildman–Crippen LogP) is 3.40. The average molecular weight is 471 g/mol. The number of nitrogens with one attached hydrogen (secondary N) is 2. The lowest BCUT2D eigenvalue weighted by Gasteiger charge is -2.40. The highest BCUT2D eigenvalue weighted by Gasteiger charge is 2.28. The van der Waals surface area contributed by atoms with E-state index in [0.29, 0.717) is 49.0 Å². The second-order valence-corrected chi connectivity index (χ2v) is 9.56. The lowest BCUT2D eigenvalue weighted by Crippen LogP contribution is -2.56. The van der Waals surface area contributed by atoms with Gasteiger partial charge in [-0.05, 0) is 25.7 Å². The molecule has 1 aliphatic rings. The molecular formula is C21H35ClN6O2S. The summed E-state index contributed by atoms with van der Waals surface area (Å²) in [6.45, 7) is 11.7. The summed E-state index contributed by atoms with van der Waals surface area (Å²) < 4.78 is 0. The van der Waals surface area contributed by atoms with Crippen molar-refractivity contribution in [2.45, 2.75) is 58.2 Å². The van der Waals surface area contributed by atoms with Gasteiger partial charge in [-0.15, -0.1) is 0 Å². The number of rotatable bonds is 10. The largest absolute Gasteiger partial charge is 0.355 e. The van der Waals surface area contributed by atoms with Crippen LogP contribution in [0.1, 0.15) is 47.0 Å². The van der Waals surface area contributed by atoms with Crippen molar-refractivity contribution < 1.29 is 9.59 Å². The first-order valence-corrected chi connectivity index (χ1v) is 12.4. The average Bonchev–Trinajstić information content (AvgIpc) is 2.71. The number of nitrogens with zero attached hydrogens (tertiary/aromatic N) is 4. The molecule has 1 aromatic rings. The summed E-state index contributed by atoms with van der Waals surface area (Å²) >= 11 is 7.50. The van der Waals surface area contributed by atoms with Crippen LogP contribution in [0.2, 0.25) is 5.15 Å². The summed E-state index contributed by atoms with van der Waals surface area (Å²) in [5.74, 6) is 1.49. The Kier molecular flexibility index (Phi) is 10.7. The standard InChI is InChI=1S/C21H35ClN6O2S/c1-5-6-8-24-21(30)28-11-10-27(13-16(28)4)18-12-17(22)25-20(26-18)31-14-19(29)23-9-7-15(2)3/h12,15-16H,5-11,13-14H2,1-4H3,(H,23,29)(H,24,30). The van der Waals surface area contributed by atoms with Crippen molar-refractivity contribution in [2.75, 3.05) is 43.4 Å². The Morgan fingerprint density at radius 1 is 1.26 bits per heavy atom. The Bertz CT molecular complexity index is 736. The van der Waals surface area contributed by atoms with E-state index in [4.69, 9.17) is 11.6 Å². The van der Waals surface area contributed by atoms with Crippen LogP contribution in [0.25, 0.3) is 0 Å². The van der Waals surface area contributed by atoms with Crippen LogP contribution in [0, 0.1) is 5.92 Å². The fraction of sp³-hybridized carbons (Fsp3) is 0.714. The molecule has 1 atom stereocenters. The number of piperazine rings is 1. The van der Waals surface area contributed by atoms with Crippen molar-refractivity contribution in [3.8, 4) is 0 Å². The van der Waals surface area contributed by atoms with Crippen LogP contribution in [-0.4, -0.2) is 71.3 Å². The molecule has 2 rings (SSSR count). The number of carbonyl (C=O) groups excluding carboxylic acids is 2. The minimum absolute atomic E-state index is 0.0129. The number of amides is 3. The van der Waals surface area contributed by atoms with Gasteiger partial charge in [0.05, 0.1) is 5.75 Å². The van der Waals surface area contributed by atoms with Crippen molar-refractivity contribution in [3.05, 3.63) is 11.2 Å². The summed E-state index contributed by atoms with van der Waals surface area (Å²) in [7, 11) is 0. The quantitative estimate of drug-likeness (QED) is 0.236. The Morgan fingerprint density at radius 3 is 2.71 bits per heavy atom. The van der Waals surface area contributed by atoms with E-state index >= 15 is 0 Å². The molecule has 8 nitrogen and oxygen atoms in total. The van der Waals surface area contributed by atoms with Crippen LogP contribution in [0.3, 0.4) is 0 Å². The summed E-state index contributed by atoms with van der Waals surface area (Å²) in [5, 5.41) is 6.73. The highest BCUT2D eigenvalue weighted by Crippen LogP contribution is 2.24. The van der Waals surface area contributed by atoms with E-state index in [-0.39, 0.29) is 23.7 Å². The first-order valence-electron chi connectivity index (χ1n) is 11.0. The van der Waals surface area contributed by atoms with Crippen LogP contribution in [0.5, 0.6) is 0 Å². The zero-order valence-corrected chi connectivity index (χ0v) is 20.6. The normalized spacial score (nSPS) is 16.5. The number of unbranched alkanes of at least 4 members (excludes halogenated alkanes) is 1. The Morgan fingerprint density at radius 2 is 2.03 bits per heavy atom. The molecule has 1 fully saturated rings. The number of thioether (sulfide) groups is 1.